The zero-order valence-electron chi connectivity index (χ0n) is 9.50. The Bertz CT molecular complexity index is 266. The van der Waals surface area contributed by atoms with Crippen molar-refractivity contribution in [3.63, 3.8) is 0 Å². The van der Waals surface area contributed by atoms with Crippen molar-refractivity contribution in [3.05, 3.63) is 0 Å². The van der Waals surface area contributed by atoms with E-state index in [-0.39, 0.29) is 19.3 Å². The van der Waals surface area contributed by atoms with Gasteiger partial charge in [0.05, 0.1) is 12.5 Å². The first-order valence-corrected chi connectivity index (χ1v) is 4.83. The van der Waals surface area contributed by atoms with Gasteiger partial charge in [0.2, 0.25) is 5.91 Å². The topological polar surface area (TPSA) is 164 Å². The SMILES string of the molecule is CC(O)CC(=O)O.NC(=O)CCC(N)C(=O)O. The van der Waals surface area contributed by atoms with Gasteiger partial charge in [-0.3, -0.25) is 14.4 Å². The number of carbonyl (C=O) groups is 3. The van der Waals surface area contributed by atoms with Gasteiger partial charge in [-0.1, -0.05) is 0 Å². The Kier molecular flexibility index (Phi) is 9.95. The second kappa shape index (κ2) is 9.55. The Morgan fingerprint density at radius 3 is 1.88 bits per heavy atom. The lowest BCUT2D eigenvalue weighted by atomic mass is 10.2. The highest BCUT2D eigenvalue weighted by Gasteiger charge is 2.11. The van der Waals surface area contributed by atoms with Crippen LogP contribution in [-0.2, 0) is 14.4 Å². The Morgan fingerprint density at radius 1 is 1.24 bits per heavy atom. The van der Waals surface area contributed by atoms with Gasteiger partial charge >= 0.3 is 11.9 Å². The number of aliphatic hydroxyl groups is 1. The third-order valence-corrected chi connectivity index (χ3v) is 1.49. The van der Waals surface area contributed by atoms with E-state index < -0.39 is 30.0 Å². The Labute approximate surface area is 98.2 Å². The fourth-order valence-electron chi connectivity index (χ4n) is 0.674. The van der Waals surface area contributed by atoms with E-state index in [1.165, 1.54) is 6.92 Å². The van der Waals surface area contributed by atoms with Gasteiger partial charge in [-0.2, -0.15) is 0 Å². The van der Waals surface area contributed by atoms with Crippen molar-refractivity contribution in [2.75, 3.05) is 0 Å². The van der Waals surface area contributed by atoms with Gasteiger partial charge in [-0.15, -0.1) is 0 Å². The Balaban J connectivity index is 0. The molecule has 0 saturated carbocycles. The first-order chi connectivity index (χ1) is 7.66. The van der Waals surface area contributed by atoms with Crippen molar-refractivity contribution in [3.8, 4) is 0 Å². The monoisotopic (exact) mass is 250 g/mol. The van der Waals surface area contributed by atoms with Crippen LogP contribution in [0.2, 0.25) is 0 Å². The first-order valence-electron chi connectivity index (χ1n) is 4.83. The Hall–Kier alpha value is -1.67. The van der Waals surface area contributed by atoms with Crippen LogP contribution in [0.15, 0.2) is 0 Å². The van der Waals surface area contributed by atoms with Crippen molar-refractivity contribution in [1.82, 2.24) is 0 Å². The summed E-state index contributed by atoms with van der Waals surface area (Å²) in [6, 6.07) is -0.979. The fourth-order valence-corrected chi connectivity index (χ4v) is 0.674. The van der Waals surface area contributed by atoms with E-state index >= 15 is 0 Å². The number of carboxylic acids is 2. The van der Waals surface area contributed by atoms with Crippen molar-refractivity contribution >= 4 is 17.8 Å². The number of aliphatic hydroxyl groups excluding tert-OH is 1. The zero-order chi connectivity index (χ0) is 14.0. The van der Waals surface area contributed by atoms with Crippen LogP contribution in [0.25, 0.3) is 0 Å². The lowest BCUT2D eigenvalue weighted by Crippen LogP contribution is -2.31. The van der Waals surface area contributed by atoms with E-state index in [1.54, 1.807) is 0 Å². The number of rotatable bonds is 6. The molecule has 0 aliphatic carbocycles. The summed E-state index contributed by atoms with van der Waals surface area (Å²) in [5.74, 6) is -2.60. The first kappa shape index (κ1) is 17.7. The molecule has 0 radical (unpaired) electrons. The molecule has 1 amide bonds. The van der Waals surface area contributed by atoms with Gasteiger partial charge in [0.25, 0.3) is 0 Å². The summed E-state index contributed by atoms with van der Waals surface area (Å²) in [5.41, 5.74) is 9.81. The third kappa shape index (κ3) is 17.0. The predicted molar refractivity (Wildman–Crippen MR) is 58.0 cm³/mol. The molecule has 0 fully saturated rings. The fraction of sp³-hybridized carbons (Fsp3) is 0.667. The largest absolute Gasteiger partial charge is 0.481 e. The summed E-state index contributed by atoms with van der Waals surface area (Å²) < 4.78 is 0. The molecule has 0 aromatic carbocycles. The molecule has 17 heavy (non-hydrogen) atoms. The number of carboxylic acid groups (broad SMARTS) is 2. The lowest BCUT2D eigenvalue weighted by molar-refractivity contribution is -0.139. The van der Waals surface area contributed by atoms with Crippen LogP contribution in [0.5, 0.6) is 0 Å². The van der Waals surface area contributed by atoms with Crippen molar-refractivity contribution in [2.45, 2.75) is 38.3 Å². The molecule has 0 bridgehead atoms. The minimum absolute atomic E-state index is 0.0213. The van der Waals surface area contributed by atoms with Crippen molar-refractivity contribution in [2.24, 2.45) is 11.5 Å². The van der Waals surface area contributed by atoms with E-state index in [0.29, 0.717) is 0 Å². The molecule has 0 aromatic heterocycles. The highest BCUT2D eigenvalue weighted by molar-refractivity contribution is 5.76. The maximum atomic E-state index is 10.1. The average Bonchev–Trinajstić information content (AvgIpc) is 2.12. The molecule has 0 spiro atoms. The van der Waals surface area contributed by atoms with Gasteiger partial charge in [0, 0.05) is 6.42 Å². The molecule has 0 rings (SSSR count). The van der Waals surface area contributed by atoms with Crippen LogP contribution in [0.1, 0.15) is 26.2 Å². The van der Waals surface area contributed by atoms with Crippen LogP contribution in [0, 0.1) is 0 Å². The molecule has 100 valence electrons. The van der Waals surface area contributed by atoms with Crippen LogP contribution in [0.4, 0.5) is 0 Å². The maximum absolute atomic E-state index is 10.1. The lowest BCUT2D eigenvalue weighted by Gasteiger charge is -2.01. The van der Waals surface area contributed by atoms with E-state index in [4.69, 9.17) is 26.8 Å². The molecular weight excluding hydrogens is 232 g/mol. The van der Waals surface area contributed by atoms with Crippen molar-refractivity contribution in [1.29, 1.82) is 0 Å². The molecule has 2 unspecified atom stereocenters. The van der Waals surface area contributed by atoms with Crippen LogP contribution in [-0.4, -0.2) is 45.3 Å². The molecule has 0 heterocycles. The van der Waals surface area contributed by atoms with Gasteiger partial charge in [-0.25, -0.2) is 0 Å². The number of amides is 1. The maximum Gasteiger partial charge on any atom is 0.320 e. The molecule has 0 aromatic rings. The molecule has 8 nitrogen and oxygen atoms in total. The number of aliphatic carboxylic acids is 2. The summed E-state index contributed by atoms with van der Waals surface area (Å²) in [5, 5.41) is 24.5. The molecule has 2 atom stereocenters. The minimum atomic E-state index is -1.11. The zero-order valence-corrected chi connectivity index (χ0v) is 9.50. The van der Waals surface area contributed by atoms with Crippen LogP contribution < -0.4 is 11.5 Å². The second-order valence-electron chi connectivity index (χ2n) is 3.40. The average molecular weight is 250 g/mol. The number of primary amides is 1. The number of nitrogens with two attached hydrogens (primary N) is 2. The third-order valence-electron chi connectivity index (χ3n) is 1.49. The summed E-state index contributed by atoms with van der Waals surface area (Å²) in [6.07, 6.45) is -0.768. The van der Waals surface area contributed by atoms with E-state index in [1.807, 2.05) is 0 Å². The van der Waals surface area contributed by atoms with E-state index in [9.17, 15) is 14.4 Å². The predicted octanol–water partition coefficient (Wildman–Crippen LogP) is -1.49. The van der Waals surface area contributed by atoms with Crippen molar-refractivity contribution < 1.29 is 29.7 Å². The van der Waals surface area contributed by atoms with Crippen LogP contribution in [0.3, 0.4) is 0 Å². The molecule has 0 aliphatic heterocycles. The van der Waals surface area contributed by atoms with Gasteiger partial charge < -0.3 is 26.8 Å². The quantitative estimate of drug-likeness (QED) is 0.383. The molecule has 7 N–H and O–H groups in total. The number of carbonyl (C=O) groups excluding carboxylic acids is 1. The highest BCUT2D eigenvalue weighted by atomic mass is 16.4. The Morgan fingerprint density at radius 2 is 1.71 bits per heavy atom. The number of hydrogen-bond donors (Lipinski definition) is 5. The molecule has 0 aliphatic rings. The van der Waals surface area contributed by atoms with Gasteiger partial charge in [0.15, 0.2) is 0 Å². The second-order valence-corrected chi connectivity index (χ2v) is 3.40. The summed E-state index contributed by atoms with van der Waals surface area (Å²) >= 11 is 0. The normalized spacial score (nSPS) is 12.9. The molecular formula is C9H18N2O6. The van der Waals surface area contributed by atoms with Gasteiger partial charge in [-0.05, 0) is 13.3 Å². The smallest absolute Gasteiger partial charge is 0.320 e. The highest BCUT2D eigenvalue weighted by Crippen LogP contribution is 1.92. The standard InChI is InChI=1S/C5H10N2O3.C4H8O3/c6-3(5(9)10)1-2-4(7)8;1-3(5)2-4(6)7/h3H,1-2,6H2,(H2,7,8)(H,9,10);3,5H,2H2,1H3,(H,6,7). The summed E-state index contributed by atoms with van der Waals surface area (Å²) in [7, 11) is 0. The van der Waals surface area contributed by atoms with Crippen LogP contribution >= 0.6 is 0 Å². The summed E-state index contributed by atoms with van der Waals surface area (Å²) in [4.78, 5) is 29.8. The minimum Gasteiger partial charge on any atom is -0.481 e. The van der Waals surface area contributed by atoms with E-state index in [0.717, 1.165) is 0 Å². The van der Waals surface area contributed by atoms with Gasteiger partial charge in [0.1, 0.15) is 6.04 Å². The molecule has 0 saturated heterocycles. The number of hydrogen-bond acceptors (Lipinski definition) is 5. The summed E-state index contributed by atoms with van der Waals surface area (Å²) in [6.45, 7) is 1.44. The van der Waals surface area contributed by atoms with E-state index in [2.05, 4.69) is 0 Å². The molecule has 8 heteroatoms.